The van der Waals surface area contributed by atoms with Crippen LogP contribution in [0.5, 0.6) is 0 Å². The van der Waals surface area contributed by atoms with Crippen molar-refractivity contribution in [3.63, 3.8) is 0 Å². The van der Waals surface area contributed by atoms with E-state index in [9.17, 15) is 4.79 Å². The van der Waals surface area contributed by atoms with E-state index in [0.29, 0.717) is 11.4 Å². The molecule has 1 amide bonds. The molecular weight excluding hydrogens is 250 g/mol. The maximum absolute atomic E-state index is 11.8. The minimum atomic E-state index is -0.435. The molecule has 3 rings (SSSR count). The van der Waals surface area contributed by atoms with Crippen molar-refractivity contribution < 1.29 is 4.79 Å². The van der Waals surface area contributed by atoms with Crippen LogP contribution in [0.2, 0.25) is 0 Å². The summed E-state index contributed by atoms with van der Waals surface area (Å²) in [5.74, 6) is -0.435. The molecule has 20 heavy (non-hydrogen) atoms. The van der Waals surface area contributed by atoms with Gasteiger partial charge in [0, 0.05) is 29.2 Å². The number of aryl methyl sites for hydroxylation is 1. The summed E-state index contributed by atoms with van der Waals surface area (Å²) >= 11 is 0. The summed E-state index contributed by atoms with van der Waals surface area (Å²) in [5.41, 5.74) is 15.3. The fraction of sp³-hybridized carbons (Fsp3) is 0.0625. The first-order valence-electron chi connectivity index (χ1n) is 6.32. The molecule has 0 aliphatic carbocycles. The van der Waals surface area contributed by atoms with Gasteiger partial charge in [-0.3, -0.25) is 4.79 Å². The summed E-state index contributed by atoms with van der Waals surface area (Å²) in [6.45, 7) is 0. The lowest BCUT2D eigenvalue weighted by Gasteiger charge is -2.05. The average Bonchev–Trinajstić information content (AvgIpc) is 2.74. The van der Waals surface area contributed by atoms with Crippen LogP contribution in [0.25, 0.3) is 22.0 Å². The van der Waals surface area contributed by atoms with Crippen LogP contribution in [0, 0.1) is 0 Å². The largest absolute Gasteiger partial charge is 0.399 e. The van der Waals surface area contributed by atoms with Gasteiger partial charge in [0.2, 0.25) is 0 Å². The number of rotatable bonds is 2. The first kappa shape index (κ1) is 12.3. The van der Waals surface area contributed by atoms with Crippen LogP contribution in [0.15, 0.2) is 48.5 Å². The standard InChI is InChI=1S/C16H15N3O/c1-19-13-5-3-2-4-12(13)14(15(19)16(18)20)10-6-8-11(17)9-7-10/h2-9H,17H2,1H3,(H2,18,20). The highest BCUT2D eigenvalue weighted by molar-refractivity contribution is 6.09. The van der Waals surface area contributed by atoms with Gasteiger partial charge in [-0.05, 0) is 23.8 Å². The molecule has 100 valence electrons. The number of carbonyl (C=O) groups is 1. The van der Waals surface area contributed by atoms with Crippen LogP contribution in [0.3, 0.4) is 0 Å². The van der Waals surface area contributed by atoms with E-state index in [4.69, 9.17) is 11.5 Å². The average molecular weight is 265 g/mol. The number of amides is 1. The van der Waals surface area contributed by atoms with Crippen molar-refractivity contribution in [3.05, 3.63) is 54.2 Å². The summed E-state index contributed by atoms with van der Waals surface area (Å²) < 4.78 is 1.84. The first-order valence-corrected chi connectivity index (χ1v) is 6.32. The maximum Gasteiger partial charge on any atom is 0.266 e. The van der Waals surface area contributed by atoms with E-state index in [1.165, 1.54) is 0 Å². The molecule has 0 aliphatic rings. The molecule has 4 nitrogen and oxygen atoms in total. The smallest absolute Gasteiger partial charge is 0.266 e. The highest BCUT2D eigenvalue weighted by Crippen LogP contribution is 2.34. The number of anilines is 1. The highest BCUT2D eigenvalue weighted by Gasteiger charge is 2.19. The Morgan fingerprint density at radius 1 is 1.05 bits per heavy atom. The quantitative estimate of drug-likeness (QED) is 0.699. The van der Waals surface area contributed by atoms with Crippen LogP contribution in [-0.4, -0.2) is 10.5 Å². The van der Waals surface area contributed by atoms with Gasteiger partial charge in [-0.25, -0.2) is 0 Å². The van der Waals surface area contributed by atoms with Crippen molar-refractivity contribution >= 4 is 22.5 Å². The van der Waals surface area contributed by atoms with E-state index < -0.39 is 5.91 Å². The Morgan fingerprint density at radius 2 is 1.70 bits per heavy atom. The van der Waals surface area contributed by atoms with Crippen LogP contribution in [0.4, 0.5) is 5.69 Å². The Balaban J connectivity index is 2.41. The molecule has 4 N–H and O–H groups in total. The third-order valence-electron chi connectivity index (χ3n) is 3.54. The molecule has 4 heteroatoms. The van der Waals surface area contributed by atoms with Gasteiger partial charge >= 0.3 is 0 Å². The first-order chi connectivity index (χ1) is 9.59. The number of carbonyl (C=O) groups excluding carboxylic acids is 1. The van der Waals surface area contributed by atoms with E-state index in [2.05, 4.69) is 0 Å². The van der Waals surface area contributed by atoms with Gasteiger partial charge in [0.05, 0.1) is 0 Å². The van der Waals surface area contributed by atoms with Gasteiger partial charge < -0.3 is 16.0 Å². The number of aromatic nitrogens is 1. The van der Waals surface area contributed by atoms with Gasteiger partial charge in [0.25, 0.3) is 5.91 Å². The van der Waals surface area contributed by atoms with Crippen LogP contribution < -0.4 is 11.5 Å². The summed E-state index contributed by atoms with van der Waals surface area (Å²) in [6.07, 6.45) is 0. The zero-order valence-electron chi connectivity index (χ0n) is 11.1. The molecule has 0 atom stereocenters. The minimum Gasteiger partial charge on any atom is -0.399 e. The molecule has 3 aromatic rings. The molecular formula is C16H15N3O. The Labute approximate surface area is 116 Å². The van der Waals surface area contributed by atoms with Crippen molar-refractivity contribution in [1.82, 2.24) is 4.57 Å². The van der Waals surface area contributed by atoms with E-state index in [-0.39, 0.29) is 0 Å². The molecule has 0 saturated heterocycles. The third kappa shape index (κ3) is 1.73. The topological polar surface area (TPSA) is 74.0 Å². The Hall–Kier alpha value is -2.75. The summed E-state index contributed by atoms with van der Waals surface area (Å²) in [6, 6.07) is 15.3. The molecule has 0 spiro atoms. The number of hydrogen-bond donors (Lipinski definition) is 2. The number of fused-ring (bicyclic) bond motifs is 1. The van der Waals surface area contributed by atoms with Crippen molar-refractivity contribution in [1.29, 1.82) is 0 Å². The molecule has 2 aromatic carbocycles. The Kier molecular flexibility index (Phi) is 2.71. The van der Waals surface area contributed by atoms with Gasteiger partial charge in [-0.1, -0.05) is 30.3 Å². The lowest BCUT2D eigenvalue weighted by molar-refractivity contribution is 0.0993. The van der Waals surface area contributed by atoms with Crippen LogP contribution in [-0.2, 0) is 7.05 Å². The Bertz CT molecular complexity index is 800. The number of nitrogens with two attached hydrogens (primary N) is 2. The SMILES string of the molecule is Cn1c(C(N)=O)c(-c2ccc(N)cc2)c2ccccc21. The highest BCUT2D eigenvalue weighted by atomic mass is 16.1. The van der Waals surface area contributed by atoms with Gasteiger partial charge in [-0.15, -0.1) is 0 Å². The normalized spacial score (nSPS) is 10.8. The zero-order valence-corrected chi connectivity index (χ0v) is 11.1. The molecule has 0 fully saturated rings. The zero-order chi connectivity index (χ0) is 14.3. The third-order valence-corrected chi connectivity index (χ3v) is 3.54. The van der Waals surface area contributed by atoms with Crippen molar-refractivity contribution in [2.24, 2.45) is 12.8 Å². The maximum atomic E-state index is 11.8. The molecule has 0 bridgehead atoms. The molecule has 1 heterocycles. The predicted molar refractivity (Wildman–Crippen MR) is 81.3 cm³/mol. The molecule has 0 radical (unpaired) electrons. The predicted octanol–water partition coefficient (Wildman–Crippen LogP) is 2.53. The van der Waals surface area contributed by atoms with Gasteiger partial charge in [0.15, 0.2) is 0 Å². The van der Waals surface area contributed by atoms with Gasteiger partial charge in [0.1, 0.15) is 5.69 Å². The molecule has 0 unspecified atom stereocenters. The van der Waals surface area contributed by atoms with Crippen LogP contribution in [0.1, 0.15) is 10.5 Å². The van der Waals surface area contributed by atoms with Crippen molar-refractivity contribution in [3.8, 4) is 11.1 Å². The van der Waals surface area contributed by atoms with Crippen molar-refractivity contribution in [2.45, 2.75) is 0 Å². The monoisotopic (exact) mass is 265 g/mol. The van der Waals surface area contributed by atoms with Crippen molar-refractivity contribution in [2.75, 3.05) is 5.73 Å². The lowest BCUT2D eigenvalue weighted by atomic mass is 10.0. The number of benzene rings is 2. The number of primary amides is 1. The van der Waals surface area contributed by atoms with Crippen LogP contribution >= 0.6 is 0 Å². The second-order valence-electron chi connectivity index (χ2n) is 4.79. The summed E-state index contributed by atoms with van der Waals surface area (Å²) in [7, 11) is 1.85. The molecule has 1 aromatic heterocycles. The minimum absolute atomic E-state index is 0.435. The number of hydrogen-bond acceptors (Lipinski definition) is 2. The fourth-order valence-corrected chi connectivity index (χ4v) is 2.62. The molecule has 0 aliphatic heterocycles. The van der Waals surface area contributed by atoms with Gasteiger partial charge in [-0.2, -0.15) is 0 Å². The van der Waals surface area contributed by atoms with E-state index >= 15 is 0 Å². The summed E-state index contributed by atoms with van der Waals surface area (Å²) in [4.78, 5) is 11.8. The fourth-order valence-electron chi connectivity index (χ4n) is 2.62. The number of para-hydroxylation sites is 1. The second-order valence-corrected chi connectivity index (χ2v) is 4.79. The van der Waals surface area contributed by atoms with E-state index in [1.807, 2.05) is 60.1 Å². The van der Waals surface area contributed by atoms with E-state index in [0.717, 1.165) is 22.0 Å². The Morgan fingerprint density at radius 3 is 2.35 bits per heavy atom. The second kappa shape index (κ2) is 4.42. The van der Waals surface area contributed by atoms with E-state index in [1.54, 1.807) is 0 Å². The number of nitrogen functional groups attached to an aromatic ring is 1. The number of nitrogens with zero attached hydrogens (tertiary/aromatic N) is 1. The lowest BCUT2D eigenvalue weighted by Crippen LogP contribution is -2.16. The molecule has 0 saturated carbocycles. The summed E-state index contributed by atoms with van der Waals surface area (Å²) in [5, 5.41) is 1.01.